The minimum Gasteiger partial charge on any atom is -0.350 e. The number of carbonyl (C=O) groups is 1. The zero-order chi connectivity index (χ0) is 17.2. The molecule has 1 aromatic carbocycles. The van der Waals surface area contributed by atoms with E-state index in [1.54, 1.807) is 6.20 Å². The predicted molar refractivity (Wildman–Crippen MR) is 105 cm³/mol. The van der Waals surface area contributed by atoms with Crippen LogP contribution in [0.4, 0.5) is 0 Å². The quantitative estimate of drug-likeness (QED) is 0.843. The van der Waals surface area contributed by atoms with Crippen molar-refractivity contribution in [3.05, 3.63) is 48.3 Å². The number of carbonyl (C=O) groups excluding carboxylic acids is 1. The van der Waals surface area contributed by atoms with Crippen molar-refractivity contribution in [3.8, 4) is 5.69 Å². The van der Waals surface area contributed by atoms with E-state index in [0.717, 1.165) is 24.1 Å². The Labute approximate surface area is 161 Å². The van der Waals surface area contributed by atoms with Gasteiger partial charge in [0.1, 0.15) is 0 Å². The van der Waals surface area contributed by atoms with Gasteiger partial charge in [0.05, 0.1) is 11.7 Å². The molecule has 2 bridgehead atoms. The molecule has 2 aromatic rings. The largest absolute Gasteiger partial charge is 0.350 e. The van der Waals surface area contributed by atoms with E-state index in [4.69, 9.17) is 0 Å². The lowest BCUT2D eigenvalue weighted by Gasteiger charge is -2.29. The van der Waals surface area contributed by atoms with E-state index in [1.807, 2.05) is 36.0 Å². The highest BCUT2D eigenvalue weighted by Crippen LogP contribution is 2.32. The molecule has 3 atom stereocenters. The molecule has 2 aliphatic rings. The highest BCUT2D eigenvalue weighted by atomic mass is 35.5. The zero-order valence-corrected chi connectivity index (χ0v) is 15.9. The molecular weight excluding hydrogens is 348 g/mol. The molecular formula is C20H27ClN4O. The molecule has 140 valence electrons. The molecule has 1 aromatic heterocycles. The second-order valence-electron chi connectivity index (χ2n) is 7.51. The molecule has 2 fully saturated rings. The van der Waals surface area contributed by atoms with Crippen LogP contribution in [0.1, 0.15) is 50.6 Å². The van der Waals surface area contributed by atoms with Crippen LogP contribution in [-0.2, 0) is 4.79 Å². The van der Waals surface area contributed by atoms with Gasteiger partial charge in [0.25, 0.3) is 0 Å². The van der Waals surface area contributed by atoms with E-state index in [-0.39, 0.29) is 24.4 Å². The van der Waals surface area contributed by atoms with Crippen LogP contribution >= 0.6 is 12.4 Å². The monoisotopic (exact) mass is 374 g/mol. The topological polar surface area (TPSA) is 59.0 Å². The normalized spacial score (nSPS) is 25.3. The summed E-state index contributed by atoms with van der Waals surface area (Å²) >= 11 is 0. The summed E-state index contributed by atoms with van der Waals surface area (Å²) in [6.07, 6.45) is 9.21. The lowest BCUT2D eigenvalue weighted by atomic mass is 9.89. The molecule has 3 heterocycles. The average molecular weight is 375 g/mol. The molecule has 26 heavy (non-hydrogen) atoms. The van der Waals surface area contributed by atoms with Gasteiger partial charge in [-0.3, -0.25) is 4.79 Å². The molecule has 5 nitrogen and oxygen atoms in total. The van der Waals surface area contributed by atoms with Crippen molar-refractivity contribution in [2.75, 3.05) is 0 Å². The van der Waals surface area contributed by atoms with Gasteiger partial charge in [-0.05, 0) is 62.3 Å². The van der Waals surface area contributed by atoms with Crippen LogP contribution in [-0.4, -0.2) is 27.8 Å². The van der Waals surface area contributed by atoms with Crippen LogP contribution in [0.15, 0.2) is 42.7 Å². The third kappa shape index (κ3) is 4.27. The van der Waals surface area contributed by atoms with Crippen LogP contribution in [0.2, 0.25) is 0 Å². The van der Waals surface area contributed by atoms with Gasteiger partial charge >= 0.3 is 0 Å². The maximum Gasteiger partial charge on any atom is 0.220 e. The summed E-state index contributed by atoms with van der Waals surface area (Å²) in [6.45, 7) is 2.05. The highest BCUT2D eigenvalue weighted by molar-refractivity contribution is 5.85. The van der Waals surface area contributed by atoms with Crippen molar-refractivity contribution in [1.82, 2.24) is 20.4 Å². The van der Waals surface area contributed by atoms with Crippen LogP contribution in [0.5, 0.6) is 0 Å². The molecule has 0 radical (unpaired) electrons. The van der Waals surface area contributed by atoms with Crippen molar-refractivity contribution < 1.29 is 4.79 Å². The van der Waals surface area contributed by atoms with Gasteiger partial charge in [-0.15, -0.1) is 12.4 Å². The minimum atomic E-state index is 0. The Morgan fingerprint density at radius 2 is 1.96 bits per heavy atom. The summed E-state index contributed by atoms with van der Waals surface area (Å²) in [5.74, 6) is 0.711. The Kier molecular flexibility index (Phi) is 5.99. The van der Waals surface area contributed by atoms with Crippen molar-refractivity contribution in [3.63, 3.8) is 0 Å². The number of piperidine rings is 1. The summed E-state index contributed by atoms with van der Waals surface area (Å²) in [6, 6.07) is 11.4. The third-order valence-electron chi connectivity index (χ3n) is 5.58. The van der Waals surface area contributed by atoms with Gasteiger partial charge in [-0.1, -0.05) is 12.1 Å². The van der Waals surface area contributed by atoms with Crippen LogP contribution in [0, 0.1) is 5.92 Å². The summed E-state index contributed by atoms with van der Waals surface area (Å²) in [4.78, 5) is 12.4. The van der Waals surface area contributed by atoms with Crippen molar-refractivity contribution in [1.29, 1.82) is 0 Å². The standard InChI is InChI=1S/C20H26N4O.ClH/c1-14(16-3-7-19(8-4-16)24-10-2-9-21-24)22-20(25)13-15-11-17-5-6-18(12-15)23-17;/h2-4,7-10,14-15,17-18,23H,5-6,11-13H2,1H3,(H,22,25);1H. The van der Waals surface area contributed by atoms with E-state index in [2.05, 4.69) is 27.9 Å². The highest BCUT2D eigenvalue weighted by Gasteiger charge is 2.34. The fourth-order valence-corrected chi connectivity index (χ4v) is 4.32. The molecule has 0 saturated carbocycles. The molecule has 4 rings (SSSR count). The van der Waals surface area contributed by atoms with Gasteiger partial charge < -0.3 is 10.6 Å². The van der Waals surface area contributed by atoms with Gasteiger partial charge in [0.2, 0.25) is 5.91 Å². The number of halogens is 1. The Hall–Kier alpha value is -1.85. The Morgan fingerprint density at radius 3 is 2.58 bits per heavy atom. The number of amides is 1. The van der Waals surface area contributed by atoms with Crippen LogP contribution < -0.4 is 10.6 Å². The third-order valence-corrected chi connectivity index (χ3v) is 5.58. The maximum absolute atomic E-state index is 12.4. The maximum atomic E-state index is 12.4. The SMILES string of the molecule is CC(NC(=O)CC1CC2CCC(C1)N2)c1ccc(-n2cccn2)cc1.Cl. The first-order chi connectivity index (χ1) is 12.2. The van der Waals surface area contributed by atoms with E-state index >= 15 is 0 Å². The van der Waals surface area contributed by atoms with E-state index in [9.17, 15) is 4.79 Å². The molecule has 6 heteroatoms. The van der Waals surface area contributed by atoms with E-state index in [0.29, 0.717) is 24.4 Å². The van der Waals surface area contributed by atoms with Crippen LogP contribution in [0.25, 0.3) is 5.69 Å². The first-order valence-corrected chi connectivity index (χ1v) is 9.33. The second-order valence-corrected chi connectivity index (χ2v) is 7.51. The number of nitrogens with one attached hydrogen (secondary N) is 2. The van der Waals surface area contributed by atoms with E-state index < -0.39 is 0 Å². The lowest BCUT2D eigenvalue weighted by molar-refractivity contribution is -0.122. The average Bonchev–Trinajstić information content (AvgIpc) is 3.25. The zero-order valence-electron chi connectivity index (χ0n) is 15.1. The molecule has 2 aliphatic heterocycles. The summed E-state index contributed by atoms with van der Waals surface area (Å²) < 4.78 is 1.83. The number of fused-ring (bicyclic) bond motifs is 2. The molecule has 0 spiro atoms. The molecule has 1 amide bonds. The smallest absolute Gasteiger partial charge is 0.220 e. The van der Waals surface area contributed by atoms with Gasteiger partial charge in [0.15, 0.2) is 0 Å². The number of rotatable bonds is 5. The van der Waals surface area contributed by atoms with Crippen molar-refractivity contribution in [2.24, 2.45) is 5.92 Å². The molecule has 0 aliphatic carbocycles. The van der Waals surface area contributed by atoms with Crippen molar-refractivity contribution >= 4 is 18.3 Å². The fourth-order valence-electron chi connectivity index (χ4n) is 4.32. The first kappa shape index (κ1) is 18.9. The number of benzene rings is 1. The number of nitrogens with zero attached hydrogens (tertiary/aromatic N) is 2. The van der Waals surface area contributed by atoms with Crippen molar-refractivity contribution in [2.45, 2.75) is 57.2 Å². The number of aromatic nitrogens is 2. The predicted octanol–water partition coefficient (Wildman–Crippen LogP) is 3.39. The molecule has 3 unspecified atom stereocenters. The molecule has 2 N–H and O–H groups in total. The minimum absolute atomic E-state index is 0. The second kappa shape index (κ2) is 8.23. The molecule has 2 saturated heterocycles. The summed E-state index contributed by atoms with van der Waals surface area (Å²) in [7, 11) is 0. The van der Waals surface area contributed by atoms with E-state index in [1.165, 1.54) is 12.8 Å². The lowest BCUT2D eigenvalue weighted by Crippen LogP contribution is -2.40. The van der Waals surface area contributed by atoms with Gasteiger partial charge in [-0.25, -0.2) is 4.68 Å². The number of hydrogen-bond acceptors (Lipinski definition) is 3. The fraction of sp³-hybridized carbons (Fsp3) is 0.500. The summed E-state index contributed by atoms with van der Waals surface area (Å²) in [5, 5.41) is 11.0. The Balaban J connectivity index is 0.00000196. The van der Waals surface area contributed by atoms with Gasteiger partial charge in [-0.2, -0.15) is 5.10 Å². The van der Waals surface area contributed by atoms with Crippen LogP contribution in [0.3, 0.4) is 0 Å². The number of hydrogen-bond donors (Lipinski definition) is 2. The first-order valence-electron chi connectivity index (χ1n) is 9.33. The Bertz CT molecular complexity index is 704. The Morgan fingerprint density at radius 1 is 1.27 bits per heavy atom. The van der Waals surface area contributed by atoms with Gasteiger partial charge in [0, 0.05) is 30.9 Å². The summed E-state index contributed by atoms with van der Waals surface area (Å²) in [5.41, 5.74) is 2.15.